The number of hydrogen-bond acceptors (Lipinski definition) is 3. The van der Waals surface area contributed by atoms with Crippen LogP contribution in [-0.4, -0.2) is 44.8 Å². The minimum absolute atomic E-state index is 0.0279. The van der Waals surface area contributed by atoms with Crippen molar-refractivity contribution in [1.82, 2.24) is 14.7 Å². The molecule has 3 rings (SSSR count). The number of amides is 1. The average molecular weight is 341 g/mol. The number of hydrogen-bond donors (Lipinski definition) is 1. The Bertz CT molecular complexity index is 769. The van der Waals surface area contributed by atoms with Crippen molar-refractivity contribution in [2.75, 3.05) is 13.1 Å². The standard InChI is InChI=1S/C19H23N3O3/c1-14-5-2-3-7-17(14)22-13-16(11-20-22)19(25)21-10-4-6-15(12-21)8-9-18(23)24/h2-3,5,7,11,13,15H,4,6,8-10,12H2,1H3,(H,23,24). The number of carboxylic acids is 1. The van der Waals surface area contributed by atoms with Crippen molar-refractivity contribution in [3.8, 4) is 5.69 Å². The Morgan fingerprint density at radius 3 is 2.88 bits per heavy atom. The Morgan fingerprint density at radius 1 is 1.32 bits per heavy atom. The van der Waals surface area contributed by atoms with Gasteiger partial charge in [-0.15, -0.1) is 0 Å². The monoisotopic (exact) mass is 341 g/mol. The summed E-state index contributed by atoms with van der Waals surface area (Å²) in [4.78, 5) is 25.4. The number of aliphatic carboxylic acids is 1. The van der Waals surface area contributed by atoms with E-state index in [1.807, 2.05) is 36.1 Å². The number of likely N-dealkylation sites (tertiary alicyclic amines) is 1. The zero-order valence-electron chi connectivity index (χ0n) is 14.4. The molecule has 132 valence electrons. The number of carbonyl (C=O) groups is 2. The predicted molar refractivity (Wildman–Crippen MR) is 93.8 cm³/mol. The van der Waals surface area contributed by atoms with Crippen LogP contribution in [-0.2, 0) is 4.79 Å². The third kappa shape index (κ3) is 4.07. The zero-order valence-corrected chi connectivity index (χ0v) is 14.4. The second-order valence-electron chi connectivity index (χ2n) is 6.65. The van der Waals surface area contributed by atoms with Crippen molar-refractivity contribution >= 4 is 11.9 Å². The van der Waals surface area contributed by atoms with Crippen molar-refractivity contribution in [2.45, 2.75) is 32.6 Å². The summed E-state index contributed by atoms with van der Waals surface area (Å²) in [6.45, 7) is 3.36. The summed E-state index contributed by atoms with van der Waals surface area (Å²) in [6.07, 6.45) is 6.07. The molecule has 1 unspecified atom stereocenters. The van der Waals surface area contributed by atoms with Crippen LogP contribution in [0.2, 0.25) is 0 Å². The van der Waals surface area contributed by atoms with Crippen LogP contribution in [0.25, 0.3) is 5.69 Å². The van der Waals surface area contributed by atoms with Crippen molar-refractivity contribution in [3.63, 3.8) is 0 Å². The molecular formula is C19H23N3O3. The largest absolute Gasteiger partial charge is 0.481 e. The lowest BCUT2D eigenvalue weighted by Crippen LogP contribution is -2.40. The first-order chi connectivity index (χ1) is 12.0. The smallest absolute Gasteiger partial charge is 0.303 e. The zero-order chi connectivity index (χ0) is 17.8. The fraction of sp³-hybridized carbons (Fsp3) is 0.421. The van der Waals surface area contributed by atoms with E-state index in [2.05, 4.69) is 5.10 Å². The number of piperidine rings is 1. The molecule has 2 heterocycles. The van der Waals surface area contributed by atoms with Gasteiger partial charge in [-0.25, -0.2) is 4.68 Å². The summed E-state index contributed by atoms with van der Waals surface area (Å²) in [5.41, 5.74) is 2.62. The van der Waals surface area contributed by atoms with Gasteiger partial charge in [0.1, 0.15) is 0 Å². The second kappa shape index (κ2) is 7.51. The third-order valence-electron chi connectivity index (χ3n) is 4.76. The van der Waals surface area contributed by atoms with Gasteiger partial charge >= 0.3 is 5.97 Å². The van der Waals surface area contributed by atoms with Crippen molar-refractivity contribution in [3.05, 3.63) is 47.8 Å². The van der Waals surface area contributed by atoms with Crippen LogP contribution < -0.4 is 0 Å². The number of benzene rings is 1. The van der Waals surface area contributed by atoms with E-state index in [0.717, 1.165) is 30.6 Å². The number of aromatic nitrogens is 2. The summed E-state index contributed by atoms with van der Waals surface area (Å²) in [5, 5.41) is 13.2. The van der Waals surface area contributed by atoms with Crippen molar-refractivity contribution in [2.24, 2.45) is 5.92 Å². The number of nitrogens with zero attached hydrogens (tertiary/aromatic N) is 3. The molecular weight excluding hydrogens is 318 g/mol. The fourth-order valence-corrected chi connectivity index (χ4v) is 3.38. The molecule has 1 amide bonds. The Labute approximate surface area is 147 Å². The first kappa shape index (κ1) is 17.2. The minimum Gasteiger partial charge on any atom is -0.481 e. The summed E-state index contributed by atoms with van der Waals surface area (Å²) in [6, 6.07) is 7.90. The molecule has 0 radical (unpaired) electrons. The van der Waals surface area contributed by atoms with Gasteiger partial charge in [0.2, 0.25) is 0 Å². The minimum atomic E-state index is -0.775. The van der Waals surface area contributed by atoms with E-state index in [1.165, 1.54) is 0 Å². The highest BCUT2D eigenvalue weighted by atomic mass is 16.4. The van der Waals surface area contributed by atoms with Gasteiger partial charge in [0, 0.05) is 25.7 Å². The van der Waals surface area contributed by atoms with Crippen LogP contribution in [0.15, 0.2) is 36.7 Å². The van der Waals surface area contributed by atoms with Gasteiger partial charge in [-0.2, -0.15) is 5.10 Å². The van der Waals surface area contributed by atoms with Gasteiger partial charge in [-0.3, -0.25) is 9.59 Å². The maximum Gasteiger partial charge on any atom is 0.303 e. The molecule has 1 aliphatic rings. The Kier molecular flexibility index (Phi) is 5.16. The third-order valence-corrected chi connectivity index (χ3v) is 4.76. The first-order valence-electron chi connectivity index (χ1n) is 8.66. The molecule has 1 N–H and O–H groups in total. The highest BCUT2D eigenvalue weighted by Gasteiger charge is 2.25. The molecule has 0 bridgehead atoms. The summed E-state index contributed by atoms with van der Waals surface area (Å²) in [5.74, 6) is -0.539. The maximum absolute atomic E-state index is 12.8. The highest BCUT2D eigenvalue weighted by Crippen LogP contribution is 2.23. The van der Waals surface area contributed by atoms with E-state index in [4.69, 9.17) is 5.11 Å². The summed E-state index contributed by atoms with van der Waals surface area (Å²) in [7, 11) is 0. The molecule has 1 aromatic carbocycles. The van der Waals surface area contributed by atoms with E-state index in [0.29, 0.717) is 18.5 Å². The van der Waals surface area contributed by atoms with Gasteiger partial charge in [0.25, 0.3) is 5.91 Å². The fourth-order valence-electron chi connectivity index (χ4n) is 3.38. The predicted octanol–water partition coefficient (Wildman–Crippen LogP) is 2.90. The number of para-hydroxylation sites is 1. The average Bonchev–Trinajstić information content (AvgIpc) is 3.10. The van der Waals surface area contributed by atoms with Gasteiger partial charge < -0.3 is 10.0 Å². The number of carboxylic acid groups (broad SMARTS) is 1. The molecule has 1 fully saturated rings. The molecule has 2 aromatic rings. The maximum atomic E-state index is 12.8. The summed E-state index contributed by atoms with van der Waals surface area (Å²) < 4.78 is 1.73. The number of carbonyl (C=O) groups excluding carboxylic acids is 1. The molecule has 25 heavy (non-hydrogen) atoms. The van der Waals surface area contributed by atoms with Crippen LogP contribution in [0.4, 0.5) is 0 Å². The van der Waals surface area contributed by atoms with Crippen LogP contribution in [0.5, 0.6) is 0 Å². The summed E-state index contributed by atoms with van der Waals surface area (Å²) >= 11 is 0. The van der Waals surface area contributed by atoms with E-state index in [-0.39, 0.29) is 18.2 Å². The van der Waals surface area contributed by atoms with E-state index in [9.17, 15) is 9.59 Å². The Hall–Kier alpha value is -2.63. The van der Waals surface area contributed by atoms with Crippen molar-refractivity contribution < 1.29 is 14.7 Å². The van der Waals surface area contributed by atoms with Crippen LogP contribution in [0.3, 0.4) is 0 Å². The molecule has 1 atom stereocenters. The molecule has 1 aromatic heterocycles. The van der Waals surface area contributed by atoms with Gasteiger partial charge in [-0.05, 0) is 43.7 Å². The molecule has 1 aliphatic heterocycles. The number of rotatable bonds is 5. The number of aryl methyl sites for hydroxylation is 1. The van der Waals surface area contributed by atoms with Crippen LogP contribution >= 0.6 is 0 Å². The molecule has 0 saturated carbocycles. The van der Waals surface area contributed by atoms with Crippen LogP contribution in [0.1, 0.15) is 41.6 Å². The molecule has 0 aliphatic carbocycles. The quantitative estimate of drug-likeness (QED) is 0.907. The van der Waals surface area contributed by atoms with E-state index >= 15 is 0 Å². The molecule has 6 heteroatoms. The SMILES string of the molecule is Cc1ccccc1-n1cc(C(=O)N2CCCC(CCC(=O)O)C2)cn1. The first-order valence-corrected chi connectivity index (χ1v) is 8.66. The second-order valence-corrected chi connectivity index (χ2v) is 6.65. The molecule has 1 saturated heterocycles. The van der Waals surface area contributed by atoms with Crippen LogP contribution in [0, 0.1) is 12.8 Å². The van der Waals surface area contributed by atoms with Gasteiger partial charge in [0.05, 0.1) is 17.4 Å². The normalized spacial score (nSPS) is 17.5. The van der Waals surface area contributed by atoms with Gasteiger partial charge in [-0.1, -0.05) is 18.2 Å². The topological polar surface area (TPSA) is 75.4 Å². The lowest BCUT2D eigenvalue weighted by Gasteiger charge is -2.32. The lowest BCUT2D eigenvalue weighted by molar-refractivity contribution is -0.137. The van der Waals surface area contributed by atoms with Crippen molar-refractivity contribution in [1.29, 1.82) is 0 Å². The molecule has 0 spiro atoms. The van der Waals surface area contributed by atoms with E-state index < -0.39 is 5.97 Å². The Morgan fingerprint density at radius 2 is 2.12 bits per heavy atom. The molecule has 6 nitrogen and oxygen atoms in total. The lowest BCUT2D eigenvalue weighted by atomic mass is 9.93. The highest BCUT2D eigenvalue weighted by molar-refractivity contribution is 5.93. The van der Waals surface area contributed by atoms with E-state index in [1.54, 1.807) is 17.1 Å². The van der Waals surface area contributed by atoms with Gasteiger partial charge in [0.15, 0.2) is 0 Å². The Balaban J connectivity index is 1.69.